The monoisotopic (exact) mass is 459 g/mol. The highest BCUT2D eigenvalue weighted by molar-refractivity contribution is 8.00. The lowest BCUT2D eigenvalue weighted by molar-refractivity contribution is 0.0992. The molecule has 2 aromatic heterocycles. The molecule has 0 bridgehead atoms. The van der Waals surface area contributed by atoms with Gasteiger partial charge in [0.1, 0.15) is 11.4 Å². The quantitative estimate of drug-likeness (QED) is 0.226. The number of fused-ring (bicyclic) bond motifs is 1. The first-order valence-corrected chi connectivity index (χ1v) is 10.8. The summed E-state index contributed by atoms with van der Waals surface area (Å²) < 4.78 is 8.50. The van der Waals surface area contributed by atoms with Gasteiger partial charge in [-0.25, -0.2) is 9.78 Å². The standard InChI is InChI=1S/C21H25N5O5S/c1-12(16(27)15-17(22)24(2)21(30)25(3)19(15)29)32-20-23-14-9-6-5-8-13(14)18(28)26(20)10-7-11-31-4/h5-6,8-9,12H,7,10-11,22H2,1-4H3. The van der Waals surface area contributed by atoms with Crippen LogP contribution in [0.4, 0.5) is 5.82 Å². The number of hydrogen-bond acceptors (Lipinski definition) is 8. The molecule has 0 aliphatic rings. The smallest absolute Gasteiger partial charge is 0.332 e. The molecular formula is C21H25N5O5S. The second-order valence-electron chi connectivity index (χ2n) is 7.31. The fraction of sp³-hybridized carbons (Fsp3) is 0.381. The molecule has 0 aliphatic heterocycles. The molecule has 2 heterocycles. The Kier molecular flexibility index (Phi) is 6.99. The van der Waals surface area contributed by atoms with E-state index in [2.05, 4.69) is 4.98 Å². The molecule has 0 amide bonds. The van der Waals surface area contributed by atoms with E-state index in [1.807, 2.05) is 0 Å². The molecule has 0 aliphatic carbocycles. The molecule has 0 fully saturated rings. The van der Waals surface area contributed by atoms with Crippen molar-refractivity contribution in [1.82, 2.24) is 18.7 Å². The van der Waals surface area contributed by atoms with Crippen LogP contribution in [0.5, 0.6) is 0 Å². The Morgan fingerprint density at radius 1 is 1.16 bits per heavy atom. The van der Waals surface area contributed by atoms with Gasteiger partial charge >= 0.3 is 5.69 Å². The Bertz CT molecular complexity index is 1360. The number of nitrogens with zero attached hydrogens (tertiary/aromatic N) is 4. The predicted molar refractivity (Wildman–Crippen MR) is 123 cm³/mol. The van der Waals surface area contributed by atoms with Crippen molar-refractivity contribution >= 4 is 34.3 Å². The number of ether oxygens (including phenoxy) is 1. The number of ketones is 1. The van der Waals surface area contributed by atoms with E-state index in [9.17, 15) is 19.2 Å². The van der Waals surface area contributed by atoms with Crippen molar-refractivity contribution in [2.24, 2.45) is 14.1 Å². The van der Waals surface area contributed by atoms with Crippen LogP contribution < -0.4 is 22.5 Å². The molecule has 3 aromatic rings. The average molecular weight is 460 g/mol. The number of benzene rings is 1. The Labute approximate surface area is 187 Å². The molecule has 0 spiro atoms. The van der Waals surface area contributed by atoms with E-state index in [0.29, 0.717) is 35.6 Å². The number of anilines is 1. The van der Waals surface area contributed by atoms with E-state index in [0.717, 1.165) is 20.9 Å². The molecule has 2 N–H and O–H groups in total. The summed E-state index contributed by atoms with van der Waals surface area (Å²) in [5.74, 6) is -0.742. The summed E-state index contributed by atoms with van der Waals surface area (Å²) in [5.41, 5.74) is 4.59. The van der Waals surface area contributed by atoms with Gasteiger partial charge in [-0.2, -0.15) is 0 Å². The number of rotatable bonds is 8. The van der Waals surface area contributed by atoms with E-state index in [-0.39, 0.29) is 16.9 Å². The molecule has 1 unspecified atom stereocenters. The van der Waals surface area contributed by atoms with Crippen LogP contribution in [0.25, 0.3) is 10.9 Å². The molecule has 1 atom stereocenters. The number of carbonyl (C=O) groups excluding carboxylic acids is 1. The molecule has 1 aromatic carbocycles. The maximum absolute atomic E-state index is 13.2. The lowest BCUT2D eigenvalue weighted by Gasteiger charge is -2.17. The highest BCUT2D eigenvalue weighted by Gasteiger charge is 2.27. The topological polar surface area (TPSA) is 131 Å². The first-order chi connectivity index (χ1) is 15.2. The van der Waals surface area contributed by atoms with Crippen molar-refractivity contribution in [3.63, 3.8) is 0 Å². The van der Waals surface area contributed by atoms with E-state index in [4.69, 9.17) is 10.5 Å². The molecule has 32 heavy (non-hydrogen) atoms. The minimum absolute atomic E-state index is 0.195. The number of thioether (sulfide) groups is 1. The van der Waals surface area contributed by atoms with Gasteiger partial charge in [-0.15, -0.1) is 0 Å². The molecule has 10 nitrogen and oxygen atoms in total. The Hall–Kier alpha value is -3.18. The summed E-state index contributed by atoms with van der Waals surface area (Å²) in [5, 5.41) is 0.0412. The zero-order valence-corrected chi connectivity index (χ0v) is 19.1. The summed E-state index contributed by atoms with van der Waals surface area (Å²) in [4.78, 5) is 55.5. The van der Waals surface area contributed by atoms with E-state index >= 15 is 0 Å². The average Bonchev–Trinajstić information content (AvgIpc) is 2.78. The van der Waals surface area contributed by atoms with Gasteiger partial charge in [0.05, 0.1) is 16.2 Å². The normalized spacial score (nSPS) is 12.2. The first kappa shape index (κ1) is 23.5. The van der Waals surface area contributed by atoms with Crippen molar-refractivity contribution in [3.8, 4) is 0 Å². The van der Waals surface area contributed by atoms with Crippen LogP contribution in [0.3, 0.4) is 0 Å². The summed E-state index contributed by atoms with van der Waals surface area (Å²) in [6, 6.07) is 6.98. The van der Waals surface area contributed by atoms with Crippen LogP contribution in [0.2, 0.25) is 0 Å². The maximum atomic E-state index is 13.2. The number of Topliss-reactive ketones (excluding diaryl/α,β-unsaturated/α-hetero) is 1. The second kappa shape index (κ2) is 9.53. The van der Waals surface area contributed by atoms with Crippen LogP contribution in [-0.2, 0) is 25.4 Å². The van der Waals surface area contributed by atoms with Crippen LogP contribution in [0.1, 0.15) is 23.7 Å². The number of hydrogen-bond donors (Lipinski definition) is 1. The molecule has 170 valence electrons. The maximum Gasteiger partial charge on any atom is 0.332 e. The van der Waals surface area contributed by atoms with E-state index < -0.39 is 22.3 Å². The van der Waals surface area contributed by atoms with E-state index in [1.54, 1.807) is 38.3 Å². The number of nitrogen functional groups attached to an aromatic ring is 1. The Morgan fingerprint density at radius 2 is 1.84 bits per heavy atom. The zero-order chi connectivity index (χ0) is 23.6. The van der Waals surface area contributed by atoms with Crippen molar-refractivity contribution in [1.29, 1.82) is 0 Å². The molecule has 11 heteroatoms. The predicted octanol–water partition coefficient (Wildman–Crippen LogP) is 0.776. The minimum Gasteiger partial charge on any atom is -0.385 e. The Balaban J connectivity index is 2.05. The van der Waals surface area contributed by atoms with Crippen molar-refractivity contribution in [3.05, 3.63) is 61.0 Å². The SMILES string of the molecule is COCCCn1c(SC(C)C(=O)c2c(N)n(C)c(=O)n(C)c2=O)nc2ccccc2c1=O. The van der Waals surface area contributed by atoms with E-state index in [1.165, 1.54) is 18.7 Å². The lowest BCUT2D eigenvalue weighted by Crippen LogP contribution is -2.42. The fourth-order valence-electron chi connectivity index (χ4n) is 3.31. The largest absolute Gasteiger partial charge is 0.385 e. The van der Waals surface area contributed by atoms with Crippen molar-refractivity contribution < 1.29 is 9.53 Å². The number of nitrogens with two attached hydrogens (primary N) is 1. The second-order valence-corrected chi connectivity index (χ2v) is 8.61. The third kappa shape index (κ3) is 4.26. The number of para-hydroxylation sites is 1. The van der Waals surface area contributed by atoms with Crippen LogP contribution in [-0.4, -0.2) is 43.4 Å². The molecular weight excluding hydrogens is 434 g/mol. The minimum atomic E-state index is -0.788. The van der Waals surface area contributed by atoms with Gasteiger partial charge in [-0.05, 0) is 25.5 Å². The molecule has 0 saturated carbocycles. The number of methoxy groups -OCH3 is 1. The van der Waals surface area contributed by atoms with Crippen LogP contribution >= 0.6 is 11.8 Å². The summed E-state index contributed by atoms with van der Waals surface area (Å²) in [6.45, 7) is 2.43. The van der Waals surface area contributed by atoms with Crippen molar-refractivity contribution in [2.45, 2.75) is 30.3 Å². The van der Waals surface area contributed by atoms with Gasteiger partial charge in [0.15, 0.2) is 10.9 Å². The van der Waals surface area contributed by atoms with Crippen LogP contribution in [0.15, 0.2) is 43.8 Å². The highest BCUT2D eigenvalue weighted by Crippen LogP contribution is 2.25. The number of carbonyl (C=O) groups is 1. The highest BCUT2D eigenvalue weighted by atomic mass is 32.2. The van der Waals surface area contributed by atoms with Crippen LogP contribution in [0, 0.1) is 0 Å². The van der Waals surface area contributed by atoms with Gasteiger partial charge in [0.25, 0.3) is 11.1 Å². The summed E-state index contributed by atoms with van der Waals surface area (Å²) >= 11 is 1.06. The summed E-state index contributed by atoms with van der Waals surface area (Å²) in [7, 11) is 4.26. The summed E-state index contributed by atoms with van der Waals surface area (Å²) in [6.07, 6.45) is 0.584. The van der Waals surface area contributed by atoms with Gasteiger partial charge in [0.2, 0.25) is 0 Å². The zero-order valence-electron chi connectivity index (χ0n) is 18.3. The van der Waals surface area contributed by atoms with Crippen molar-refractivity contribution in [2.75, 3.05) is 19.5 Å². The third-order valence-electron chi connectivity index (χ3n) is 5.16. The fourth-order valence-corrected chi connectivity index (χ4v) is 4.30. The molecule has 0 saturated heterocycles. The van der Waals surface area contributed by atoms with Gasteiger partial charge < -0.3 is 10.5 Å². The van der Waals surface area contributed by atoms with Gasteiger partial charge in [-0.1, -0.05) is 23.9 Å². The third-order valence-corrected chi connectivity index (χ3v) is 6.25. The number of aromatic nitrogens is 4. The Morgan fingerprint density at radius 3 is 2.53 bits per heavy atom. The lowest BCUT2D eigenvalue weighted by atomic mass is 10.1. The van der Waals surface area contributed by atoms with Gasteiger partial charge in [0, 0.05) is 34.4 Å². The molecule has 0 radical (unpaired) electrons. The first-order valence-electron chi connectivity index (χ1n) is 9.93. The van der Waals surface area contributed by atoms with Gasteiger partial charge in [-0.3, -0.25) is 28.1 Å². The molecule has 3 rings (SSSR count).